The summed E-state index contributed by atoms with van der Waals surface area (Å²) < 4.78 is 27.7. The van der Waals surface area contributed by atoms with E-state index >= 15 is 0 Å². The van der Waals surface area contributed by atoms with Crippen LogP contribution in [0, 0.1) is 0 Å². The highest BCUT2D eigenvalue weighted by molar-refractivity contribution is 7.90. The molecule has 154 valence electrons. The van der Waals surface area contributed by atoms with Crippen LogP contribution >= 0.6 is 0 Å². The van der Waals surface area contributed by atoms with E-state index in [1.807, 2.05) is 18.3 Å². The van der Waals surface area contributed by atoms with E-state index in [2.05, 4.69) is 20.8 Å². The molecule has 1 atom stereocenters. The quantitative estimate of drug-likeness (QED) is 0.681. The molecule has 0 aromatic carbocycles. The number of anilines is 1. The van der Waals surface area contributed by atoms with Gasteiger partial charge in [0.05, 0.1) is 5.25 Å². The molecule has 0 aliphatic heterocycles. The van der Waals surface area contributed by atoms with Crippen LogP contribution in [0.1, 0.15) is 56.9 Å². The third-order valence-electron chi connectivity index (χ3n) is 6.41. The summed E-state index contributed by atoms with van der Waals surface area (Å²) in [6, 6.07) is 4.24. The number of nitrogens with zero attached hydrogens (tertiary/aromatic N) is 2. The number of amides is 1. The molecule has 0 spiro atoms. The van der Waals surface area contributed by atoms with Gasteiger partial charge >= 0.3 is 0 Å². The molecule has 3 aliphatic carbocycles. The van der Waals surface area contributed by atoms with Gasteiger partial charge in [-0.3, -0.25) is 9.69 Å². The lowest BCUT2D eigenvalue weighted by atomic mass is 9.90. The van der Waals surface area contributed by atoms with Crippen molar-refractivity contribution < 1.29 is 13.2 Å². The van der Waals surface area contributed by atoms with Gasteiger partial charge in [0.1, 0.15) is 11.5 Å². The maximum Gasteiger partial charge on any atom is 0.215 e. The van der Waals surface area contributed by atoms with Crippen molar-refractivity contribution in [3.8, 4) is 0 Å². The Kier molecular flexibility index (Phi) is 4.70. The van der Waals surface area contributed by atoms with E-state index in [0.29, 0.717) is 12.2 Å². The number of hydrogen-bond acceptors (Lipinski definition) is 4. The number of carbonyl (C=O) groups excluding carboxylic acids is 1. The minimum absolute atomic E-state index is 0.0367. The number of H-pyrrole nitrogens is 1. The average Bonchev–Trinajstić information content (AvgIpc) is 3.36. The van der Waals surface area contributed by atoms with Gasteiger partial charge in [-0.15, -0.1) is 0 Å². The minimum atomic E-state index is -3.19. The second-order valence-corrected chi connectivity index (χ2v) is 10.4. The maximum absolute atomic E-state index is 12.4. The van der Waals surface area contributed by atoms with Gasteiger partial charge in [-0.25, -0.2) is 18.1 Å². The van der Waals surface area contributed by atoms with E-state index < -0.39 is 10.0 Å². The maximum atomic E-state index is 12.4. The molecule has 2 fully saturated rings. The van der Waals surface area contributed by atoms with Crippen molar-refractivity contribution in [2.45, 2.75) is 68.7 Å². The van der Waals surface area contributed by atoms with Crippen molar-refractivity contribution in [3.05, 3.63) is 30.0 Å². The zero-order chi connectivity index (χ0) is 20.0. The van der Waals surface area contributed by atoms with Crippen LogP contribution in [0.4, 0.5) is 5.82 Å². The molecule has 0 radical (unpaired) electrons. The van der Waals surface area contributed by atoms with Gasteiger partial charge in [0.25, 0.3) is 0 Å². The van der Waals surface area contributed by atoms with Gasteiger partial charge in [-0.1, -0.05) is 12.5 Å². The van der Waals surface area contributed by atoms with E-state index in [9.17, 15) is 13.2 Å². The molecule has 0 bridgehead atoms. The number of aromatic nitrogens is 2. The molecule has 2 N–H and O–H groups in total. The van der Waals surface area contributed by atoms with Crippen LogP contribution in [0.25, 0.3) is 16.6 Å². The second kappa shape index (κ2) is 7.25. The lowest BCUT2D eigenvalue weighted by Gasteiger charge is -2.29. The molecule has 29 heavy (non-hydrogen) atoms. The van der Waals surface area contributed by atoms with Crippen LogP contribution in [-0.2, 0) is 14.8 Å². The largest absolute Gasteiger partial charge is 0.346 e. The van der Waals surface area contributed by atoms with E-state index in [1.54, 1.807) is 4.90 Å². The van der Waals surface area contributed by atoms with E-state index in [1.165, 1.54) is 5.57 Å². The van der Waals surface area contributed by atoms with Crippen molar-refractivity contribution >= 4 is 38.9 Å². The lowest BCUT2D eigenvalue weighted by Crippen LogP contribution is -2.44. The molecular formula is C21H26N4O3S. The third-order valence-corrected chi connectivity index (χ3v) is 8.42. The first kappa shape index (κ1) is 18.8. The smallest absolute Gasteiger partial charge is 0.215 e. The zero-order valence-corrected chi connectivity index (χ0v) is 17.1. The summed E-state index contributed by atoms with van der Waals surface area (Å²) in [7, 11) is -3.19. The fraction of sp³-hybridized carbons (Fsp3) is 0.524. The number of hydrogen-bond donors (Lipinski definition) is 2. The summed E-state index contributed by atoms with van der Waals surface area (Å²) in [5.41, 5.74) is 3.05. The number of pyridine rings is 1. The predicted molar refractivity (Wildman–Crippen MR) is 113 cm³/mol. The van der Waals surface area contributed by atoms with Crippen molar-refractivity contribution in [2.24, 2.45) is 0 Å². The van der Waals surface area contributed by atoms with E-state index in [4.69, 9.17) is 0 Å². The Hall–Kier alpha value is -2.19. The zero-order valence-electron chi connectivity index (χ0n) is 16.3. The normalized spacial score (nSPS) is 22.9. The first-order valence-electron chi connectivity index (χ1n) is 10.5. The SMILES string of the molecule is O=CN(c1cc(C2=CCC(NS(=O)(=O)C3CCC3)CC2)c2cc[nH]c2n1)C1CC1. The van der Waals surface area contributed by atoms with Crippen LogP contribution < -0.4 is 9.62 Å². The minimum Gasteiger partial charge on any atom is -0.346 e. The monoisotopic (exact) mass is 414 g/mol. The highest BCUT2D eigenvalue weighted by Crippen LogP contribution is 2.36. The average molecular weight is 415 g/mol. The van der Waals surface area contributed by atoms with Crippen molar-refractivity contribution in [1.29, 1.82) is 0 Å². The Morgan fingerprint density at radius 1 is 1.21 bits per heavy atom. The first-order chi connectivity index (χ1) is 14.0. The van der Waals surface area contributed by atoms with E-state index in [0.717, 1.165) is 68.0 Å². The summed E-state index contributed by atoms with van der Waals surface area (Å²) >= 11 is 0. The van der Waals surface area contributed by atoms with Gasteiger partial charge in [0, 0.05) is 23.7 Å². The highest BCUT2D eigenvalue weighted by atomic mass is 32.2. The van der Waals surface area contributed by atoms with E-state index in [-0.39, 0.29) is 17.3 Å². The highest BCUT2D eigenvalue weighted by Gasteiger charge is 2.34. The van der Waals surface area contributed by atoms with Crippen LogP contribution in [0.3, 0.4) is 0 Å². The summed E-state index contributed by atoms with van der Waals surface area (Å²) in [4.78, 5) is 21.1. The summed E-state index contributed by atoms with van der Waals surface area (Å²) in [5.74, 6) is 0.682. The molecule has 1 amide bonds. The molecule has 0 saturated heterocycles. The number of nitrogens with one attached hydrogen (secondary N) is 2. The number of allylic oxidation sites excluding steroid dienone is 1. The van der Waals surface area contributed by atoms with Gasteiger partial charge in [0.2, 0.25) is 16.4 Å². The summed E-state index contributed by atoms with van der Waals surface area (Å²) in [5, 5.41) is 0.835. The molecule has 1 unspecified atom stereocenters. The second-order valence-electron chi connectivity index (χ2n) is 8.43. The van der Waals surface area contributed by atoms with Gasteiger partial charge in [-0.2, -0.15) is 0 Å². The number of aromatic amines is 1. The fourth-order valence-corrected chi connectivity index (χ4v) is 6.12. The Balaban J connectivity index is 1.40. The Bertz CT molecular complexity index is 1070. The fourth-order valence-electron chi connectivity index (χ4n) is 4.30. The van der Waals surface area contributed by atoms with Gasteiger partial charge in [0.15, 0.2) is 0 Å². The molecule has 8 heteroatoms. The Morgan fingerprint density at radius 3 is 2.66 bits per heavy atom. The number of rotatable bonds is 7. The Morgan fingerprint density at radius 2 is 2.03 bits per heavy atom. The molecule has 5 rings (SSSR count). The molecule has 2 aromatic rings. The number of fused-ring (bicyclic) bond motifs is 1. The number of carbonyl (C=O) groups is 1. The topological polar surface area (TPSA) is 95.2 Å². The van der Waals surface area contributed by atoms with Crippen LogP contribution in [0.5, 0.6) is 0 Å². The van der Waals surface area contributed by atoms with Crippen LogP contribution in [-0.4, -0.2) is 42.1 Å². The van der Waals surface area contributed by atoms with Gasteiger partial charge in [-0.05, 0) is 68.2 Å². The molecule has 2 saturated carbocycles. The first-order valence-corrected chi connectivity index (χ1v) is 12.0. The van der Waals surface area contributed by atoms with Crippen molar-refractivity contribution in [3.63, 3.8) is 0 Å². The molecule has 3 aliphatic rings. The summed E-state index contributed by atoms with van der Waals surface area (Å²) in [6.07, 6.45) is 11.8. The molecular weight excluding hydrogens is 388 g/mol. The van der Waals surface area contributed by atoms with Crippen LogP contribution in [0.2, 0.25) is 0 Å². The standard InChI is InChI=1S/C21H26N4O3S/c26-13-25(16-8-9-16)20-12-19(18-10-11-22-21(18)23-20)14-4-6-15(7-5-14)24-29(27,28)17-2-1-3-17/h4,10-13,15-17,24H,1-3,5-9H2,(H,22,23). The van der Waals surface area contributed by atoms with Crippen molar-refractivity contribution in [1.82, 2.24) is 14.7 Å². The lowest BCUT2D eigenvalue weighted by molar-refractivity contribution is -0.107. The number of sulfonamides is 1. The predicted octanol–water partition coefficient (Wildman–Crippen LogP) is 3.10. The molecule has 7 nitrogen and oxygen atoms in total. The summed E-state index contributed by atoms with van der Waals surface area (Å²) in [6.45, 7) is 0. The van der Waals surface area contributed by atoms with Crippen LogP contribution in [0.15, 0.2) is 24.4 Å². The third kappa shape index (κ3) is 3.59. The Labute approximate surface area is 170 Å². The van der Waals surface area contributed by atoms with Gasteiger partial charge < -0.3 is 4.98 Å². The van der Waals surface area contributed by atoms with Crippen molar-refractivity contribution in [2.75, 3.05) is 4.90 Å². The molecule has 2 aromatic heterocycles. The molecule has 2 heterocycles.